The van der Waals surface area contributed by atoms with Gasteiger partial charge in [0, 0.05) is 13.1 Å². The van der Waals surface area contributed by atoms with E-state index in [1.54, 1.807) is 0 Å². The van der Waals surface area contributed by atoms with E-state index in [9.17, 15) is 9.90 Å². The van der Waals surface area contributed by atoms with Gasteiger partial charge in [-0.15, -0.1) is 0 Å². The van der Waals surface area contributed by atoms with Crippen LogP contribution in [0, 0.1) is 6.92 Å². The molecule has 0 bridgehead atoms. The Labute approximate surface area is 124 Å². The number of hydrogen-bond donors (Lipinski definition) is 1. The Morgan fingerprint density at radius 2 is 1.90 bits per heavy atom. The maximum atomic E-state index is 11.8. The number of nitrogens with zero attached hydrogens (tertiary/aromatic N) is 1. The Bertz CT molecular complexity index is 666. The van der Waals surface area contributed by atoms with Gasteiger partial charge in [-0.25, -0.2) is 0 Å². The molecule has 0 saturated heterocycles. The molecule has 3 nitrogen and oxygen atoms in total. The highest BCUT2D eigenvalue weighted by atomic mass is 16.4. The minimum Gasteiger partial charge on any atom is -0.480 e. The zero-order chi connectivity index (χ0) is 14.8. The maximum absolute atomic E-state index is 11.8. The number of benzene rings is 2. The second-order valence-electron chi connectivity index (χ2n) is 5.64. The minimum absolute atomic E-state index is 0.571. The molecule has 0 amide bonds. The number of fused-ring (bicyclic) bond motifs is 1. The molecule has 0 aromatic heterocycles. The zero-order valence-electron chi connectivity index (χ0n) is 12.1. The average molecular weight is 281 g/mol. The fourth-order valence-corrected chi connectivity index (χ4v) is 3.09. The number of carboxylic acids is 1. The number of rotatable bonds is 3. The lowest BCUT2D eigenvalue weighted by atomic mass is 9.96. The molecule has 1 aliphatic rings. The predicted octanol–water partition coefficient (Wildman–Crippen LogP) is 3.18. The van der Waals surface area contributed by atoms with Crippen LogP contribution in [0.2, 0.25) is 0 Å². The lowest BCUT2D eigenvalue weighted by molar-refractivity contribution is -0.144. The first-order chi connectivity index (χ1) is 10.1. The van der Waals surface area contributed by atoms with E-state index in [1.807, 2.05) is 43.3 Å². The molecule has 108 valence electrons. The molecule has 1 aliphatic heterocycles. The third-order valence-corrected chi connectivity index (χ3v) is 4.12. The highest BCUT2D eigenvalue weighted by Crippen LogP contribution is 2.28. The molecule has 0 saturated carbocycles. The van der Waals surface area contributed by atoms with Crippen molar-refractivity contribution in [2.24, 2.45) is 0 Å². The van der Waals surface area contributed by atoms with Gasteiger partial charge >= 0.3 is 5.97 Å². The smallest absolute Gasteiger partial charge is 0.325 e. The molecule has 0 radical (unpaired) electrons. The van der Waals surface area contributed by atoms with Crippen LogP contribution in [0.1, 0.15) is 28.3 Å². The van der Waals surface area contributed by atoms with Gasteiger partial charge in [-0.05, 0) is 30.0 Å². The van der Waals surface area contributed by atoms with E-state index >= 15 is 0 Å². The fourth-order valence-electron chi connectivity index (χ4n) is 3.09. The van der Waals surface area contributed by atoms with Crippen LogP contribution < -0.4 is 0 Å². The van der Waals surface area contributed by atoms with E-state index in [-0.39, 0.29) is 0 Å². The summed E-state index contributed by atoms with van der Waals surface area (Å²) < 4.78 is 0. The molecular formula is C18H19NO2. The number of carboxylic acid groups (broad SMARTS) is 1. The van der Waals surface area contributed by atoms with Gasteiger partial charge in [-0.2, -0.15) is 0 Å². The summed E-state index contributed by atoms with van der Waals surface area (Å²) in [5.41, 5.74) is 4.53. The van der Waals surface area contributed by atoms with Crippen LogP contribution in [0.25, 0.3) is 0 Å². The quantitative estimate of drug-likeness (QED) is 0.939. The summed E-state index contributed by atoms with van der Waals surface area (Å²) in [6.45, 7) is 3.47. The van der Waals surface area contributed by atoms with Crippen molar-refractivity contribution in [2.45, 2.75) is 25.9 Å². The first-order valence-electron chi connectivity index (χ1n) is 7.25. The molecule has 2 aromatic rings. The summed E-state index contributed by atoms with van der Waals surface area (Å²) in [6, 6.07) is 15.5. The molecule has 3 rings (SSSR count). The normalized spacial score (nSPS) is 16.2. The highest BCUT2D eigenvalue weighted by Gasteiger charge is 2.29. The molecule has 0 spiro atoms. The lowest BCUT2D eigenvalue weighted by Crippen LogP contribution is -2.38. The van der Waals surface area contributed by atoms with Gasteiger partial charge in [-0.1, -0.05) is 54.1 Å². The van der Waals surface area contributed by atoms with Gasteiger partial charge in [0.15, 0.2) is 0 Å². The summed E-state index contributed by atoms with van der Waals surface area (Å²) in [5, 5.41) is 9.68. The van der Waals surface area contributed by atoms with Gasteiger partial charge in [0.2, 0.25) is 0 Å². The monoisotopic (exact) mass is 281 g/mol. The van der Waals surface area contributed by atoms with Gasteiger partial charge in [0.25, 0.3) is 0 Å². The van der Waals surface area contributed by atoms with E-state index in [0.717, 1.165) is 24.1 Å². The van der Waals surface area contributed by atoms with Crippen molar-refractivity contribution < 1.29 is 9.90 Å². The standard InChI is InChI=1S/C18H19NO2/c1-13-5-4-8-15(11-13)17(18(20)21)19-10-9-14-6-2-3-7-16(14)12-19/h2-8,11,17H,9-10,12H2,1H3,(H,20,21). The van der Waals surface area contributed by atoms with E-state index in [1.165, 1.54) is 11.1 Å². The van der Waals surface area contributed by atoms with Crippen LogP contribution in [0.4, 0.5) is 0 Å². The molecule has 1 unspecified atom stereocenters. The Kier molecular flexibility index (Phi) is 3.76. The molecule has 0 aliphatic carbocycles. The van der Waals surface area contributed by atoms with Gasteiger partial charge in [0.1, 0.15) is 6.04 Å². The van der Waals surface area contributed by atoms with Crippen LogP contribution in [0.5, 0.6) is 0 Å². The van der Waals surface area contributed by atoms with Crippen LogP contribution in [-0.2, 0) is 17.8 Å². The van der Waals surface area contributed by atoms with Crippen LogP contribution in [-0.4, -0.2) is 22.5 Å². The Morgan fingerprint density at radius 1 is 1.14 bits per heavy atom. The van der Waals surface area contributed by atoms with Crippen LogP contribution in [0.3, 0.4) is 0 Å². The second kappa shape index (κ2) is 5.70. The van der Waals surface area contributed by atoms with Crippen molar-refractivity contribution in [3.8, 4) is 0 Å². The van der Waals surface area contributed by atoms with Crippen molar-refractivity contribution in [1.82, 2.24) is 4.90 Å². The Hall–Kier alpha value is -2.13. The van der Waals surface area contributed by atoms with Gasteiger partial charge in [0.05, 0.1) is 0 Å². The van der Waals surface area contributed by atoms with Gasteiger partial charge in [-0.3, -0.25) is 9.69 Å². The summed E-state index contributed by atoms with van der Waals surface area (Å²) >= 11 is 0. The molecule has 21 heavy (non-hydrogen) atoms. The third kappa shape index (κ3) is 2.83. The molecular weight excluding hydrogens is 262 g/mol. The number of aliphatic carboxylic acids is 1. The van der Waals surface area contributed by atoms with Crippen molar-refractivity contribution in [3.63, 3.8) is 0 Å². The van der Waals surface area contributed by atoms with E-state index in [4.69, 9.17) is 0 Å². The molecule has 1 N–H and O–H groups in total. The summed E-state index contributed by atoms with van der Waals surface area (Å²) in [6.07, 6.45) is 0.909. The molecule has 0 fully saturated rings. The van der Waals surface area contributed by atoms with E-state index < -0.39 is 12.0 Å². The van der Waals surface area contributed by atoms with Crippen molar-refractivity contribution in [1.29, 1.82) is 0 Å². The maximum Gasteiger partial charge on any atom is 0.325 e. The molecule has 1 atom stereocenters. The predicted molar refractivity (Wildman–Crippen MR) is 82.1 cm³/mol. The van der Waals surface area contributed by atoms with Gasteiger partial charge < -0.3 is 5.11 Å². The second-order valence-corrected chi connectivity index (χ2v) is 5.64. The van der Waals surface area contributed by atoms with E-state index in [2.05, 4.69) is 17.0 Å². The highest BCUT2D eigenvalue weighted by molar-refractivity contribution is 5.75. The first kappa shape index (κ1) is 13.8. The summed E-state index contributed by atoms with van der Waals surface area (Å²) in [7, 11) is 0. The van der Waals surface area contributed by atoms with Crippen molar-refractivity contribution in [2.75, 3.05) is 6.54 Å². The van der Waals surface area contributed by atoms with Crippen molar-refractivity contribution >= 4 is 5.97 Å². The number of carbonyl (C=O) groups is 1. The van der Waals surface area contributed by atoms with E-state index in [0.29, 0.717) is 6.54 Å². The largest absolute Gasteiger partial charge is 0.480 e. The van der Waals surface area contributed by atoms with Crippen LogP contribution in [0.15, 0.2) is 48.5 Å². The number of aryl methyl sites for hydroxylation is 1. The zero-order valence-corrected chi connectivity index (χ0v) is 12.1. The fraction of sp³-hybridized carbons (Fsp3) is 0.278. The molecule has 1 heterocycles. The Morgan fingerprint density at radius 3 is 2.62 bits per heavy atom. The minimum atomic E-state index is -0.778. The molecule has 3 heteroatoms. The SMILES string of the molecule is Cc1cccc(C(C(=O)O)N2CCc3ccccc3C2)c1. The topological polar surface area (TPSA) is 40.5 Å². The van der Waals surface area contributed by atoms with Crippen LogP contribution >= 0.6 is 0 Å². The molecule has 2 aromatic carbocycles. The summed E-state index contributed by atoms with van der Waals surface area (Å²) in [5.74, 6) is -0.778. The lowest BCUT2D eigenvalue weighted by Gasteiger charge is -2.33. The first-order valence-corrected chi connectivity index (χ1v) is 7.25. The van der Waals surface area contributed by atoms with Crippen molar-refractivity contribution in [3.05, 3.63) is 70.8 Å². The summed E-state index contributed by atoms with van der Waals surface area (Å²) in [4.78, 5) is 13.8. The number of hydrogen-bond acceptors (Lipinski definition) is 2. The Balaban J connectivity index is 1.91. The third-order valence-electron chi connectivity index (χ3n) is 4.12. The average Bonchev–Trinajstić information content (AvgIpc) is 2.47.